The van der Waals surface area contributed by atoms with Crippen LogP contribution in [0.5, 0.6) is 0 Å². The molecule has 1 aromatic heterocycles. The summed E-state index contributed by atoms with van der Waals surface area (Å²) in [5.41, 5.74) is 2.61. The smallest absolute Gasteiger partial charge is 0.0837 e. The Balaban J connectivity index is 2.20. The lowest BCUT2D eigenvalue weighted by Gasteiger charge is -2.05. The third-order valence-corrected chi connectivity index (χ3v) is 3.02. The third kappa shape index (κ3) is 2.94. The van der Waals surface area contributed by atoms with Gasteiger partial charge in [0, 0.05) is 18.3 Å². The van der Waals surface area contributed by atoms with E-state index in [2.05, 4.69) is 59.1 Å². The zero-order valence-electron chi connectivity index (χ0n) is 11.2. The predicted molar refractivity (Wildman–Crippen MR) is 77.4 cm³/mol. The third-order valence-electron chi connectivity index (χ3n) is 3.02. The van der Waals surface area contributed by atoms with E-state index in [-0.39, 0.29) is 0 Å². The van der Waals surface area contributed by atoms with Crippen LogP contribution in [-0.4, -0.2) is 11.1 Å². The van der Waals surface area contributed by atoms with Crippen LogP contribution in [0.3, 0.4) is 0 Å². The summed E-state index contributed by atoms with van der Waals surface area (Å²) in [6.45, 7) is 6.84. The lowest BCUT2D eigenvalue weighted by Crippen LogP contribution is -2.13. The van der Waals surface area contributed by atoms with E-state index in [1.54, 1.807) is 0 Å². The Morgan fingerprint density at radius 1 is 1.28 bits per heavy atom. The molecule has 0 radical (unpaired) electrons. The van der Waals surface area contributed by atoms with Gasteiger partial charge in [0.05, 0.1) is 6.54 Å². The molecule has 1 aromatic carbocycles. The van der Waals surface area contributed by atoms with Gasteiger partial charge in [-0.2, -0.15) is 0 Å². The average molecular weight is 240 g/mol. The topological polar surface area (TPSA) is 17.0 Å². The van der Waals surface area contributed by atoms with Crippen molar-refractivity contribution >= 4 is 10.9 Å². The quantitative estimate of drug-likeness (QED) is 0.627. The van der Waals surface area contributed by atoms with E-state index >= 15 is 0 Å². The number of rotatable bonds is 5. The molecule has 1 heterocycles. The fourth-order valence-electron chi connectivity index (χ4n) is 2.05. The molecule has 0 aliphatic rings. The molecule has 94 valence electrons. The fourth-order valence-corrected chi connectivity index (χ4v) is 2.05. The van der Waals surface area contributed by atoms with Crippen LogP contribution in [0.25, 0.3) is 10.9 Å². The van der Waals surface area contributed by atoms with Crippen molar-refractivity contribution < 1.29 is 0 Å². The average Bonchev–Trinajstić information content (AvgIpc) is 2.79. The standard InChI is InChI=1S/C16H20N2/c1-3-5-10-18-11-8-15-7-6-14(12-16(15)18)13-17-9-4-2/h6-8,11-12,17H,4,9-10,13H2,1-2H3. The lowest BCUT2D eigenvalue weighted by atomic mass is 10.1. The number of hydrogen-bond acceptors (Lipinski definition) is 1. The van der Waals surface area contributed by atoms with Gasteiger partial charge in [0.2, 0.25) is 0 Å². The molecule has 0 saturated carbocycles. The number of nitrogens with zero attached hydrogens (tertiary/aromatic N) is 1. The summed E-state index contributed by atoms with van der Waals surface area (Å²) in [4.78, 5) is 0. The van der Waals surface area contributed by atoms with Gasteiger partial charge in [0.1, 0.15) is 0 Å². The van der Waals surface area contributed by atoms with Crippen molar-refractivity contribution in [3.8, 4) is 11.8 Å². The van der Waals surface area contributed by atoms with E-state index in [9.17, 15) is 0 Å². The normalized spacial score (nSPS) is 10.3. The highest BCUT2D eigenvalue weighted by atomic mass is 14.9. The summed E-state index contributed by atoms with van der Waals surface area (Å²) in [6, 6.07) is 8.79. The van der Waals surface area contributed by atoms with E-state index in [1.165, 1.54) is 22.9 Å². The van der Waals surface area contributed by atoms with E-state index in [0.29, 0.717) is 0 Å². The highest BCUT2D eigenvalue weighted by Crippen LogP contribution is 2.17. The lowest BCUT2D eigenvalue weighted by molar-refractivity contribution is 0.675. The second-order valence-corrected chi connectivity index (χ2v) is 4.44. The molecule has 2 nitrogen and oxygen atoms in total. The van der Waals surface area contributed by atoms with E-state index in [4.69, 9.17) is 0 Å². The summed E-state index contributed by atoms with van der Waals surface area (Å²) in [5, 5.41) is 4.72. The highest BCUT2D eigenvalue weighted by Gasteiger charge is 2.01. The molecule has 0 fully saturated rings. The number of aromatic nitrogens is 1. The van der Waals surface area contributed by atoms with Gasteiger partial charge in [-0.15, -0.1) is 5.92 Å². The molecule has 0 saturated heterocycles. The second-order valence-electron chi connectivity index (χ2n) is 4.44. The fraction of sp³-hybridized carbons (Fsp3) is 0.375. The predicted octanol–water partition coefficient (Wildman–Crippen LogP) is 3.16. The van der Waals surface area contributed by atoms with Crippen LogP contribution >= 0.6 is 0 Å². The Bertz CT molecular complexity index is 570. The maximum atomic E-state index is 3.43. The van der Waals surface area contributed by atoms with Crippen LogP contribution in [0.15, 0.2) is 30.5 Å². The molecular weight excluding hydrogens is 220 g/mol. The van der Waals surface area contributed by atoms with Crippen LogP contribution in [-0.2, 0) is 13.1 Å². The minimum absolute atomic E-state index is 0.770. The molecule has 0 aliphatic carbocycles. The number of hydrogen-bond donors (Lipinski definition) is 1. The minimum atomic E-state index is 0.770. The van der Waals surface area contributed by atoms with Crippen LogP contribution < -0.4 is 5.32 Å². The van der Waals surface area contributed by atoms with Crippen molar-refractivity contribution in [2.45, 2.75) is 33.4 Å². The summed E-state index contributed by atoms with van der Waals surface area (Å²) in [7, 11) is 0. The van der Waals surface area contributed by atoms with E-state index < -0.39 is 0 Å². The molecule has 0 atom stereocenters. The van der Waals surface area contributed by atoms with Gasteiger partial charge in [-0.1, -0.05) is 25.0 Å². The van der Waals surface area contributed by atoms with Crippen molar-refractivity contribution in [1.29, 1.82) is 0 Å². The van der Waals surface area contributed by atoms with Gasteiger partial charge in [0.25, 0.3) is 0 Å². The summed E-state index contributed by atoms with van der Waals surface area (Å²) < 4.78 is 2.20. The second kappa shape index (κ2) is 6.28. The monoisotopic (exact) mass is 240 g/mol. The first-order valence-electron chi connectivity index (χ1n) is 6.53. The SMILES string of the molecule is CC#CCn1ccc2ccc(CNCCC)cc21. The van der Waals surface area contributed by atoms with Gasteiger partial charge >= 0.3 is 0 Å². The molecule has 0 aliphatic heterocycles. The maximum absolute atomic E-state index is 3.43. The van der Waals surface area contributed by atoms with Gasteiger partial charge in [-0.3, -0.25) is 0 Å². The van der Waals surface area contributed by atoms with Crippen LogP contribution in [0.2, 0.25) is 0 Å². The Kier molecular flexibility index (Phi) is 4.44. The van der Waals surface area contributed by atoms with Crippen LogP contribution in [0.1, 0.15) is 25.8 Å². The highest BCUT2D eigenvalue weighted by molar-refractivity contribution is 5.80. The molecule has 1 N–H and O–H groups in total. The van der Waals surface area contributed by atoms with Crippen molar-refractivity contribution in [2.24, 2.45) is 0 Å². The zero-order valence-corrected chi connectivity index (χ0v) is 11.2. The van der Waals surface area contributed by atoms with Crippen molar-refractivity contribution in [2.75, 3.05) is 6.54 Å². The molecule has 2 heteroatoms. The molecule has 18 heavy (non-hydrogen) atoms. The maximum Gasteiger partial charge on any atom is 0.0837 e. The van der Waals surface area contributed by atoms with Gasteiger partial charge in [-0.05, 0) is 43.0 Å². The van der Waals surface area contributed by atoms with Crippen LogP contribution in [0, 0.1) is 11.8 Å². The Labute approximate surface area is 109 Å². The largest absolute Gasteiger partial charge is 0.336 e. The van der Waals surface area contributed by atoms with Gasteiger partial charge in [-0.25, -0.2) is 0 Å². The van der Waals surface area contributed by atoms with E-state index in [1.807, 2.05) is 6.92 Å². The minimum Gasteiger partial charge on any atom is -0.336 e. The summed E-state index contributed by atoms with van der Waals surface area (Å²) in [5.74, 6) is 6.06. The first-order valence-corrected chi connectivity index (χ1v) is 6.53. The Morgan fingerprint density at radius 2 is 2.17 bits per heavy atom. The first-order chi connectivity index (χ1) is 8.85. The molecule has 2 aromatic rings. The van der Waals surface area contributed by atoms with Crippen molar-refractivity contribution in [3.05, 3.63) is 36.0 Å². The number of benzene rings is 1. The molecule has 2 rings (SSSR count). The van der Waals surface area contributed by atoms with Gasteiger partial charge in [0.15, 0.2) is 0 Å². The molecule has 0 spiro atoms. The Hall–Kier alpha value is -1.72. The van der Waals surface area contributed by atoms with Crippen LogP contribution in [0.4, 0.5) is 0 Å². The first kappa shape index (κ1) is 12.7. The molecule has 0 bridgehead atoms. The molecule has 0 unspecified atom stereocenters. The van der Waals surface area contributed by atoms with Crippen molar-refractivity contribution in [1.82, 2.24) is 9.88 Å². The molecular formula is C16H20N2. The number of nitrogens with one attached hydrogen (secondary N) is 1. The van der Waals surface area contributed by atoms with Gasteiger partial charge < -0.3 is 9.88 Å². The Morgan fingerprint density at radius 3 is 2.94 bits per heavy atom. The molecule has 0 amide bonds. The number of fused-ring (bicyclic) bond motifs is 1. The summed E-state index contributed by atoms with van der Waals surface area (Å²) in [6.07, 6.45) is 3.28. The van der Waals surface area contributed by atoms with Crippen molar-refractivity contribution in [3.63, 3.8) is 0 Å². The van der Waals surface area contributed by atoms with E-state index in [0.717, 1.165) is 19.6 Å². The zero-order chi connectivity index (χ0) is 12.8. The summed E-state index contributed by atoms with van der Waals surface area (Å²) >= 11 is 0.